The largest absolute Gasteiger partial charge is 0.461 e. The van der Waals surface area contributed by atoms with Gasteiger partial charge in [0.05, 0.1) is 0 Å². The van der Waals surface area contributed by atoms with Crippen LogP contribution in [0.2, 0.25) is 0 Å². The fraction of sp³-hybridized carbons (Fsp3) is 0.882. The van der Waals surface area contributed by atoms with Crippen molar-refractivity contribution < 1.29 is 19.1 Å². The van der Waals surface area contributed by atoms with Crippen molar-refractivity contribution in [1.82, 2.24) is 5.32 Å². The molecule has 0 aliphatic heterocycles. The highest BCUT2D eigenvalue weighted by Crippen LogP contribution is 2.23. The fourth-order valence-electron chi connectivity index (χ4n) is 1.75. The van der Waals surface area contributed by atoms with E-state index in [4.69, 9.17) is 9.47 Å². The van der Waals surface area contributed by atoms with Crippen LogP contribution >= 0.6 is 0 Å². The van der Waals surface area contributed by atoms with Crippen LogP contribution in [0.25, 0.3) is 0 Å². The van der Waals surface area contributed by atoms with E-state index in [9.17, 15) is 9.59 Å². The van der Waals surface area contributed by atoms with Gasteiger partial charge in [0.2, 0.25) is 0 Å². The molecule has 0 fully saturated rings. The lowest BCUT2D eigenvalue weighted by Crippen LogP contribution is -2.51. The lowest BCUT2D eigenvalue weighted by molar-refractivity contribution is -0.156. The van der Waals surface area contributed by atoms with Gasteiger partial charge in [-0.25, -0.2) is 9.59 Å². The Labute approximate surface area is 135 Å². The van der Waals surface area contributed by atoms with Crippen LogP contribution in [-0.2, 0) is 14.3 Å². The second-order valence-corrected chi connectivity index (χ2v) is 7.97. The van der Waals surface area contributed by atoms with Crippen LogP contribution in [-0.4, -0.2) is 29.8 Å². The molecule has 130 valence electrons. The predicted molar refractivity (Wildman–Crippen MR) is 87.6 cm³/mol. The molecule has 0 saturated heterocycles. The van der Waals surface area contributed by atoms with Crippen molar-refractivity contribution >= 4 is 12.1 Å². The number of carbonyl (C=O) groups is 2. The van der Waals surface area contributed by atoms with Gasteiger partial charge in [0, 0.05) is 0 Å². The Bertz CT molecular complexity index is 379. The van der Waals surface area contributed by atoms with E-state index in [1.165, 1.54) is 0 Å². The Hall–Kier alpha value is -1.26. The van der Waals surface area contributed by atoms with Crippen molar-refractivity contribution in [3.8, 4) is 0 Å². The molecule has 1 amide bonds. The molecule has 1 unspecified atom stereocenters. The van der Waals surface area contributed by atoms with E-state index in [-0.39, 0.29) is 12.0 Å². The zero-order valence-electron chi connectivity index (χ0n) is 15.6. The number of esters is 1. The Morgan fingerprint density at radius 3 is 1.91 bits per heavy atom. The molecule has 0 spiro atoms. The molecule has 0 rings (SSSR count). The lowest BCUT2D eigenvalue weighted by atomic mass is 9.86. The van der Waals surface area contributed by atoms with Crippen LogP contribution in [0.3, 0.4) is 0 Å². The van der Waals surface area contributed by atoms with Gasteiger partial charge in [-0.15, -0.1) is 0 Å². The third-order valence-electron chi connectivity index (χ3n) is 3.51. The first-order chi connectivity index (χ1) is 9.77. The van der Waals surface area contributed by atoms with Gasteiger partial charge >= 0.3 is 12.1 Å². The molecule has 5 heteroatoms. The van der Waals surface area contributed by atoms with Gasteiger partial charge in [0.1, 0.15) is 17.7 Å². The van der Waals surface area contributed by atoms with Gasteiger partial charge in [0.25, 0.3) is 0 Å². The fourth-order valence-corrected chi connectivity index (χ4v) is 1.75. The summed E-state index contributed by atoms with van der Waals surface area (Å²) in [6, 6.07) is -0.756. The minimum absolute atomic E-state index is 0.192. The Balaban J connectivity index is 4.93. The highest BCUT2D eigenvalue weighted by molar-refractivity contribution is 5.82. The summed E-state index contributed by atoms with van der Waals surface area (Å²) < 4.78 is 10.7. The first-order valence-corrected chi connectivity index (χ1v) is 7.98. The molecule has 1 N–H and O–H groups in total. The van der Waals surface area contributed by atoms with E-state index in [0.29, 0.717) is 0 Å². The van der Waals surface area contributed by atoms with Crippen molar-refractivity contribution in [1.29, 1.82) is 0 Å². The number of ether oxygens (including phenoxy) is 2. The molecule has 22 heavy (non-hydrogen) atoms. The van der Waals surface area contributed by atoms with Crippen molar-refractivity contribution in [2.45, 2.75) is 86.5 Å². The second-order valence-electron chi connectivity index (χ2n) is 7.97. The Morgan fingerprint density at radius 1 is 1.05 bits per heavy atom. The van der Waals surface area contributed by atoms with Crippen LogP contribution < -0.4 is 5.32 Å². The van der Waals surface area contributed by atoms with Crippen LogP contribution in [0, 0.1) is 11.3 Å². The van der Waals surface area contributed by atoms with Gasteiger partial charge in [-0.3, -0.25) is 0 Å². The topological polar surface area (TPSA) is 64.6 Å². The Morgan fingerprint density at radius 2 is 1.55 bits per heavy atom. The van der Waals surface area contributed by atoms with Gasteiger partial charge < -0.3 is 14.8 Å². The molecule has 0 saturated carbocycles. The predicted octanol–water partition coefficient (Wildman–Crippen LogP) is 3.90. The van der Waals surface area contributed by atoms with Gasteiger partial charge in [0.15, 0.2) is 0 Å². The van der Waals surface area contributed by atoms with Gasteiger partial charge in [-0.1, -0.05) is 41.0 Å². The molecular weight excluding hydrogens is 282 g/mol. The quantitative estimate of drug-likeness (QED) is 0.781. The number of hydrogen-bond acceptors (Lipinski definition) is 4. The summed E-state index contributed by atoms with van der Waals surface area (Å²) in [5.41, 5.74) is -1.08. The normalized spacial score (nSPS) is 16.4. The molecular formula is C17H33NO4. The molecule has 0 aromatic heterocycles. The minimum Gasteiger partial charge on any atom is -0.461 e. The molecule has 5 nitrogen and oxygen atoms in total. The third-order valence-corrected chi connectivity index (χ3v) is 3.51. The maximum Gasteiger partial charge on any atom is 0.408 e. The minimum atomic E-state index is -0.756. The van der Waals surface area contributed by atoms with Crippen molar-refractivity contribution in [2.24, 2.45) is 11.3 Å². The molecule has 0 aliphatic rings. The SMILES string of the molecule is CCC(C)[C@H](C)OC(=O)[C@@H](NC(=O)OC(C)(C)C)C(C)(C)C. The van der Waals surface area contributed by atoms with Crippen LogP contribution in [0.15, 0.2) is 0 Å². The van der Waals surface area contributed by atoms with E-state index in [0.717, 1.165) is 6.42 Å². The molecule has 3 atom stereocenters. The summed E-state index contributed by atoms with van der Waals surface area (Å²) in [7, 11) is 0. The summed E-state index contributed by atoms with van der Waals surface area (Å²) in [5.74, 6) is -0.155. The number of rotatable bonds is 5. The summed E-state index contributed by atoms with van der Waals surface area (Å²) in [6.45, 7) is 16.9. The van der Waals surface area contributed by atoms with Gasteiger partial charge in [-0.05, 0) is 39.0 Å². The smallest absolute Gasteiger partial charge is 0.408 e. The van der Waals surface area contributed by atoms with E-state index in [1.54, 1.807) is 20.8 Å². The van der Waals surface area contributed by atoms with Crippen molar-refractivity contribution in [2.75, 3.05) is 0 Å². The Kier molecular flexibility index (Phi) is 7.39. The first-order valence-electron chi connectivity index (χ1n) is 7.98. The number of amides is 1. The highest BCUT2D eigenvalue weighted by atomic mass is 16.6. The van der Waals surface area contributed by atoms with Crippen LogP contribution in [0.5, 0.6) is 0 Å². The summed E-state index contributed by atoms with van der Waals surface area (Å²) >= 11 is 0. The summed E-state index contributed by atoms with van der Waals surface area (Å²) in [5, 5.41) is 2.64. The van der Waals surface area contributed by atoms with Crippen molar-refractivity contribution in [3.63, 3.8) is 0 Å². The highest BCUT2D eigenvalue weighted by Gasteiger charge is 2.36. The number of nitrogens with one attached hydrogen (secondary N) is 1. The average Bonchev–Trinajstić information content (AvgIpc) is 2.31. The van der Waals surface area contributed by atoms with Crippen molar-refractivity contribution in [3.05, 3.63) is 0 Å². The molecule has 0 radical (unpaired) electrons. The molecule has 0 aromatic carbocycles. The van der Waals surface area contributed by atoms with Crippen LogP contribution in [0.4, 0.5) is 4.79 Å². The molecule has 0 aromatic rings. The summed E-state index contributed by atoms with van der Waals surface area (Å²) in [6.07, 6.45) is 0.122. The van der Waals surface area contributed by atoms with E-state index in [2.05, 4.69) is 12.2 Å². The number of alkyl carbamates (subject to hydrolysis) is 1. The molecule has 0 aliphatic carbocycles. The first kappa shape index (κ1) is 20.7. The molecule has 0 bridgehead atoms. The summed E-state index contributed by atoms with van der Waals surface area (Å²) in [4.78, 5) is 24.4. The molecule has 0 heterocycles. The third kappa shape index (κ3) is 7.66. The van der Waals surface area contributed by atoms with E-state index in [1.807, 2.05) is 34.6 Å². The standard InChI is InChI=1S/C17H33NO4/c1-10-11(2)12(3)21-14(19)13(16(4,5)6)18-15(20)22-17(7,8)9/h11-13H,10H2,1-9H3,(H,18,20)/t11?,12-,13+/m0/s1. The zero-order chi connectivity index (χ0) is 17.7. The number of hydrogen-bond donors (Lipinski definition) is 1. The average molecular weight is 315 g/mol. The van der Waals surface area contributed by atoms with E-state index < -0.39 is 29.1 Å². The maximum atomic E-state index is 12.4. The number of carbonyl (C=O) groups excluding carboxylic acids is 2. The zero-order valence-corrected chi connectivity index (χ0v) is 15.6. The van der Waals surface area contributed by atoms with E-state index >= 15 is 0 Å². The monoisotopic (exact) mass is 315 g/mol. The lowest BCUT2D eigenvalue weighted by Gasteiger charge is -2.32. The van der Waals surface area contributed by atoms with Crippen LogP contribution in [0.1, 0.15) is 68.7 Å². The van der Waals surface area contributed by atoms with Gasteiger partial charge in [-0.2, -0.15) is 0 Å². The maximum absolute atomic E-state index is 12.4. The second kappa shape index (κ2) is 7.84.